The van der Waals surface area contributed by atoms with Crippen LogP contribution in [-0.4, -0.2) is 31.3 Å². The Balaban J connectivity index is 1.95. The Kier molecular flexibility index (Phi) is 4.83. The monoisotopic (exact) mass is 295 g/mol. The first kappa shape index (κ1) is 15.8. The highest BCUT2D eigenvalue weighted by atomic mass is 19.1. The van der Waals surface area contributed by atoms with Crippen molar-refractivity contribution in [2.75, 3.05) is 13.7 Å². The first-order valence-electron chi connectivity index (χ1n) is 7.20. The van der Waals surface area contributed by atoms with Gasteiger partial charge in [0.25, 0.3) is 0 Å². The molecule has 1 aliphatic rings. The van der Waals surface area contributed by atoms with Gasteiger partial charge in [0.1, 0.15) is 17.1 Å². The average molecular weight is 295 g/mol. The number of methoxy groups -OCH3 is 1. The topological polar surface area (TPSA) is 47.6 Å². The predicted octanol–water partition coefficient (Wildman–Crippen LogP) is 2.59. The molecule has 0 radical (unpaired) electrons. The second-order valence-electron chi connectivity index (χ2n) is 5.75. The van der Waals surface area contributed by atoms with Gasteiger partial charge in [0.15, 0.2) is 0 Å². The summed E-state index contributed by atoms with van der Waals surface area (Å²) in [5.41, 5.74) is 0.100. The van der Waals surface area contributed by atoms with E-state index in [1.165, 1.54) is 19.2 Å². The Bertz CT molecular complexity index is 516. The fourth-order valence-electron chi connectivity index (χ4n) is 2.23. The summed E-state index contributed by atoms with van der Waals surface area (Å²) in [5, 5.41) is 3.30. The van der Waals surface area contributed by atoms with Crippen molar-refractivity contribution < 1.29 is 18.7 Å². The zero-order valence-electron chi connectivity index (χ0n) is 12.7. The van der Waals surface area contributed by atoms with Gasteiger partial charge in [-0.2, -0.15) is 0 Å². The van der Waals surface area contributed by atoms with Crippen molar-refractivity contribution in [3.05, 3.63) is 29.6 Å². The normalized spacial score (nSPS) is 17.1. The molecule has 21 heavy (non-hydrogen) atoms. The first-order chi connectivity index (χ1) is 9.94. The molecule has 0 spiro atoms. The average Bonchev–Trinajstić information content (AvgIpc) is 3.25. The molecule has 1 aromatic rings. The summed E-state index contributed by atoms with van der Waals surface area (Å²) in [6, 6.07) is 4.81. The lowest BCUT2D eigenvalue weighted by Crippen LogP contribution is -2.52. The Hall–Kier alpha value is -1.62. The van der Waals surface area contributed by atoms with Gasteiger partial charge >= 0.3 is 5.97 Å². The van der Waals surface area contributed by atoms with Crippen LogP contribution in [0.1, 0.15) is 31.7 Å². The largest absolute Gasteiger partial charge is 0.493 e. The minimum Gasteiger partial charge on any atom is -0.493 e. The van der Waals surface area contributed by atoms with Crippen molar-refractivity contribution in [3.8, 4) is 5.75 Å². The molecule has 116 valence electrons. The third-order valence-corrected chi connectivity index (χ3v) is 3.75. The van der Waals surface area contributed by atoms with Crippen LogP contribution in [0.15, 0.2) is 18.2 Å². The van der Waals surface area contributed by atoms with Crippen LogP contribution < -0.4 is 10.1 Å². The molecule has 0 amide bonds. The van der Waals surface area contributed by atoms with Crippen LogP contribution in [0, 0.1) is 12.7 Å². The summed E-state index contributed by atoms with van der Waals surface area (Å²) in [4.78, 5) is 12.0. The number of hydrogen-bond acceptors (Lipinski definition) is 4. The van der Waals surface area contributed by atoms with Crippen molar-refractivity contribution in [1.29, 1.82) is 0 Å². The van der Waals surface area contributed by atoms with Gasteiger partial charge in [-0.05, 0) is 38.3 Å². The fraction of sp³-hybridized carbons (Fsp3) is 0.562. The molecule has 1 aromatic carbocycles. The Morgan fingerprint density at radius 2 is 2.19 bits per heavy atom. The van der Waals surface area contributed by atoms with E-state index < -0.39 is 5.54 Å². The number of carbonyl (C=O) groups excluding carboxylic acids is 1. The first-order valence-corrected chi connectivity index (χ1v) is 7.20. The molecule has 0 bridgehead atoms. The highest BCUT2D eigenvalue weighted by molar-refractivity contribution is 5.80. The molecule has 1 N–H and O–H groups in total. The lowest BCUT2D eigenvalue weighted by atomic mass is 9.98. The minimum absolute atomic E-state index is 0.297. The van der Waals surface area contributed by atoms with Crippen LogP contribution in [0.3, 0.4) is 0 Å². The molecule has 1 aliphatic carbocycles. The van der Waals surface area contributed by atoms with Crippen LogP contribution in [0.4, 0.5) is 4.39 Å². The standard InChI is InChI=1S/C16H22FNO3/c1-11-4-5-12(17)10-14(11)21-9-8-16(2,15(19)20-3)18-13-6-7-13/h4-5,10,13,18H,6-9H2,1-3H3. The van der Waals surface area contributed by atoms with Gasteiger partial charge in [-0.3, -0.25) is 10.1 Å². The van der Waals surface area contributed by atoms with E-state index in [0.717, 1.165) is 18.4 Å². The molecule has 0 saturated heterocycles. The highest BCUT2D eigenvalue weighted by Gasteiger charge is 2.39. The second-order valence-corrected chi connectivity index (χ2v) is 5.75. The number of rotatable bonds is 7. The second kappa shape index (κ2) is 6.43. The van der Waals surface area contributed by atoms with Crippen LogP contribution in [0.5, 0.6) is 5.75 Å². The SMILES string of the molecule is COC(=O)C(C)(CCOc1cc(F)ccc1C)NC1CC1. The maximum absolute atomic E-state index is 13.2. The molecule has 0 aromatic heterocycles. The summed E-state index contributed by atoms with van der Waals surface area (Å²) < 4.78 is 23.7. The third-order valence-electron chi connectivity index (χ3n) is 3.75. The maximum Gasteiger partial charge on any atom is 0.325 e. The molecule has 4 nitrogen and oxygen atoms in total. The summed E-state index contributed by atoms with van der Waals surface area (Å²) in [6.45, 7) is 3.99. The fourth-order valence-corrected chi connectivity index (χ4v) is 2.23. The smallest absolute Gasteiger partial charge is 0.325 e. The van der Waals surface area contributed by atoms with E-state index in [4.69, 9.17) is 9.47 Å². The van der Waals surface area contributed by atoms with Crippen LogP contribution >= 0.6 is 0 Å². The van der Waals surface area contributed by atoms with Crippen LogP contribution in [-0.2, 0) is 9.53 Å². The van der Waals surface area contributed by atoms with E-state index in [2.05, 4.69) is 5.32 Å². The van der Waals surface area contributed by atoms with Gasteiger partial charge in [0.2, 0.25) is 0 Å². The van der Waals surface area contributed by atoms with Gasteiger partial charge in [0.05, 0.1) is 13.7 Å². The number of nitrogens with one attached hydrogen (secondary N) is 1. The molecule has 2 rings (SSSR count). The van der Waals surface area contributed by atoms with E-state index in [9.17, 15) is 9.18 Å². The molecule has 1 fully saturated rings. The van der Waals surface area contributed by atoms with Gasteiger partial charge < -0.3 is 9.47 Å². The van der Waals surface area contributed by atoms with E-state index in [1.54, 1.807) is 6.07 Å². The zero-order chi connectivity index (χ0) is 15.5. The number of benzene rings is 1. The molecular formula is C16H22FNO3. The zero-order valence-corrected chi connectivity index (χ0v) is 12.7. The van der Waals surface area contributed by atoms with E-state index in [-0.39, 0.29) is 11.8 Å². The van der Waals surface area contributed by atoms with Crippen molar-refractivity contribution in [1.82, 2.24) is 5.32 Å². The van der Waals surface area contributed by atoms with Crippen molar-refractivity contribution in [2.24, 2.45) is 0 Å². The molecule has 5 heteroatoms. The predicted molar refractivity (Wildman–Crippen MR) is 77.8 cm³/mol. The Labute approximate surface area is 124 Å². The summed E-state index contributed by atoms with van der Waals surface area (Å²) in [6.07, 6.45) is 2.62. The molecule has 1 unspecified atom stereocenters. The maximum atomic E-state index is 13.2. The molecule has 1 atom stereocenters. The van der Waals surface area contributed by atoms with Crippen molar-refractivity contribution >= 4 is 5.97 Å². The van der Waals surface area contributed by atoms with E-state index in [0.29, 0.717) is 24.8 Å². The molecule has 0 heterocycles. The Morgan fingerprint density at radius 1 is 1.48 bits per heavy atom. The van der Waals surface area contributed by atoms with Gasteiger partial charge in [-0.1, -0.05) is 6.07 Å². The summed E-state index contributed by atoms with van der Waals surface area (Å²) >= 11 is 0. The number of hydrogen-bond donors (Lipinski definition) is 1. The van der Waals surface area contributed by atoms with Gasteiger partial charge in [-0.25, -0.2) is 4.39 Å². The van der Waals surface area contributed by atoms with Crippen molar-refractivity contribution in [3.63, 3.8) is 0 Å². The highest BCUT2D eigenvalue weighted by Crippen LogP contribution is 2.25. The van der Waals surface area contributed by atoms with Gasteiger partial charge in [-0.15, -0.1) is 0 Å². The lowest BCUT2D eigenvalue weighted by Gasteiger charge is -2.28. The van der Waals surface area contributed by atoms with Crippen LogP contribution in [0.25, 0.3) is 0 Å². The quantitative estimate of drug-likeness (QED) is 0.786. The lowest BCUT2D eigenvalue weighted by molar-refractivity contribution is -0.148. The van der Waals surface area contributed by atoms with Crippen LogP contribution in [0.2, 0.25) is 0 Å². The number of esters is 1. The third kappa shape index (κ3) is 4.17. The Morgan fingerprint density at radius 3 is 2.81 bits per heavy atom. The van der Waals surface area contributed by atoms with Crippen molar-refractivity contribution in [2.45, 2.75) is 44.7 Å². The number of aryl methyl sites for hydroxylation is 1. The molecule has 0 aliphatic heterocycles. The summed E-state index contributed by atoms with van der Waals surface area (Å²) in [5.74, 6) is -0.120. The number of carbonyl (C=O) groups is 1. The molecular weight excluding hydrogens is 273 g/mol. The van der Waals surface area contributed by atoms with Gasteiger partial charge in [0, 0.05) is 18.5 Å². The minimum atomic E-state index is -0.767. The van der Waals surface area contributed by atoms with E-state index >= 15 is 0 Å². The number of ether oxygens (including phenoxy) is 2. The molecule has 1 saturated carbocycles. The van der Waals surface area contributed by atoms with E-state index in [1.807, 2.05) is 13.8 Å². The summed E-state index contributed by atoms with van der Waals surface area (Å²) in [7, 11) is 1.38. The number of halogens is 1.